The van der Waals surface area contributed by atoms with Crippen molar-refractivity contribution in [2.24, 2.45) is 0 Å². The molecule has 0 aromatic heterocycles. The first-order chi connectivity index (χ1) is 11.5. The standard InChI is InChI=1S/C18H19F2NO3/c1-10-17(18(23)24-12-4-2-3-5-12)14(9-16(22)21-10)13-7-6-11(19)8-15(13)20/h6-8,12,14H,2-5,9H2,1H3,(H,21,22)/t14-/m0/s1. The maximum Gasteiger partial charge on any atom is 0.336 e. The van der Waals surface area contributed by atoms with Crippen molar-refractivity contribution >= 4 is 11.9 Å². The Bertz CT molecular complexity index is 708. The number of esters is 1. The molecule has 1 aliphatic heterocycles. The van der Waals surface area contributed by atoms with Gasteiger partial charge in [-0.3, -0.25) is 4.79 Å². The fraction of sp³-hybridized carbons (Fsp3) is 0.444. The summed E-state index contributed by atoms with van der Waals surface area (Å²) in [4.78, 5) is 24.5. The number of amides is 1. The van der Waals surface area contributed by atoms with Crippen LogP contribution < -0.4 is 5.32 Å². The molecule has 1 aromatic rings. The highest BCUT2D eigenvalue weighted by Gasteiger charge is 2.35. The molecule has 6 heteroatoms. The number of benzene rings is 1. The molecule has 1 heterocycles. The van der Waals surface area contributed by atoms with Crippen molar-refractivity contribution in [1.29, 1.82) is 0 Å². The summed E-state index contributed by atoms with van der Waals surface area (Å²) >= 11 is 0. The minimum Gasteiger partial charge on any atom is -0.459 e. The Morgan fingerprint density at radius 3 is 2.62 bits per heavy atom. The molecule has 4 nitrogen and oxygen atoms in total. The molecule has 0 saturated heterocycles. The Morgan fingerprint density at radius 2 is 1.96 bits per heavy atom. The van der Waals surface area contributed by atoms with Gasteiger partial charge in [0, 0.05) is 24.1 Å². The zero-order valence-electron chi connectivity index (χ0n) is 13.4. The van der Waals surface area contributed by atoms with Gasteiger partial charge < -0.3 is 10.1 Å². The van der Waals surface area contributed by atoms with Gasteiger partial charge in [-0.1, -0.05) is 6.07 Å². The van der Waals surface area contributed by atoms with Crippen molar-refractivity contribution in [3.8, 4) is 0 Å². The lowest BCUT2D eigenvalue weighted by molar-refractivity contribution is -0.144. The van der Waals surface area contributed by atoms with E-state index in [0.717, 1.165) is 37.8 Å². The zero-order valence-corrected chi connectivity index (χ0v) is 13.4. The van der Waals surface area contributed by atoms with E-state index in [9.17, 15) is 18.4 Å². The van der Waals surface area contributed by atoms with Gasteiger partial charge in [-0.15, -0.1) is 0 Å². The summed E-state index contributed by atoms with van der Waals surface area (Å²) in [6.45, 7) is 1.59. The lowest BCUT2D eigenvalue weighted by atomic mass is 9.84. The van der Waals surface area contributed by atoms with E-state index in [1.807, 2.05) is 0 Å². The fourth-order valence-corrected chi connectivity index (χ4v) is 3.44. The number of hydrogen-bond acceptors (Lipinski definition) is 3. The summed E-state index contributed by atoms with van der Waals surface area (Å²) in [6.07, 6.45) is 3.47. The topological polar surface area (TPSA) is 55.4 Å². The summed E-state index contributed by atoms with van der Waals surface area (Å²) in [7, 11) is 0. The summed E-state index contributed by atoms with van der Waals surface area (Å²) < 4.78 is 32.9. The number of carbonyl (C=O) groups excluding carboxylic acids is 2. The van der Waals surface area contributed by atoms with Crippen LogP contribution in [0, 0.1) is 11.6 Å². The van der Waals surface area contributed by atoms with Gasteiger partial charge in [0.1, 0.15) is 17.7 Å². The van der Waals surface area contributed by atoms with E-state index in [0.29, 0.717) is 5.70 Å². The highest BCUT2D eigenvalue weighted by atomic mass is 19.1. The van der Waals surface area contributed by atoms with E-state index in [4.69, 9.17) is 4.74 Å². The van der Waals surface area contributed by atoms with Gasteiger partial charge in [-0.05, 0) is 44.2 Å². The second-order valence-corrected chi connectivity index (χ2v) is 6.32. The first-order valence-corrected chi connectivity index (χ1v) is 8.12. The monoisotopic (exact) mass is 335 g/mol. The molecule has 24 heavy (non-hydrogen) atoms. The minimum absolute atomic E-state index is 0.0744. The molecule has 1 amide bonds. The molecule has 1 aromatic carbocycles. The fourth-order valence-electron chi connectivity index (χ4n) is 3.44. The van der Waals surface area contributed by atoms with Crippen molar-refractivity contribution in [2.75, 3.05) is 0 Å². The van der Waals surface area contributed by atoms with E-state index < -0.39 is 23.5 Å². The number of nitrogens with one attached hydrogen (secondary N) is 1. The van der Waals surface area contributed by atoms with Crippen LogP contribution in [-0.2, 0) is 14.3 Å². The quantitative estimate of drug-likeness (QED) is 0.862. The Morgan fingerprint density at radius 1 is 1.25 bits per heavy atom. The van der Waals surface area contributed by atoms with Crippen LogP contribution in [0.4, 0.5) is 8.78 Å². The second kappa shape index (κ2) is 6.71. The number of hydrogen-bond donors (Lipinski definition) is 1. The summed E-state index contributed by atoms with van der Waals surface area (Å²) in [5, 5.41) is 2.61. The molecule has 1 N–H and O–H groups in total. The third kappa shape index (κ3) is 3.32. The molecule has 3 rings (SSSR count). The van der Waals surface area contributed by atoms with Gasteiger partial charge in [-0.25, -0.2) is 13.6 Å². The summed E-state index contributed by atoms with van der Waals surface area (Å²) in [5.41, 5.74) is 0.735. The molecule has 1 aliphatic carbocycles. The Kier molecular flexibility index (Phi) is 4.64. The summed E-state index contributed by atoms with van der Waals surface area (Å²) in [6, 6.07) is 3.17. The van der Waals surface area contributed by atoms with E-state index in [-0.39, 0.29) is 29.6 Å². The average molecular weight is 335 g/mol. The van der Waals surface area contributed by atoms with Gasteiger partial charge >= 0.3 is 5.97 Å². The van der Waals surface area contributed by atoms with Crippen molar-refractivity contribution in [2.45, 2.75) is 51.0 Å². The SMILES string of the molecule is CC1=C(C(=O)OC2CCCC2)[C@H](c2ccc(F)cc2F)CC(=O)N1. The maximum atomic E-state index is 14.2. The van der Waals surface area contributed by atoms with E-state index >= 15 is 0 Å². The lowest BCUT2D eigenvalue weighted by Crippen LogP contribution is -2.35. The number of ether oxygens (including phenoxy) is 1. The normalized spacial score (nSPS) is 21.8. The number of allylic oxidation sites excluding steroid dienone is 1. The van der Waals surface area contributed by atoms with E-state index in [1.54, 1.807) is 6.92 Å². The molecule has 1 saturated carbocycles. The van der Waals surface area contributed by atoms with Crippen LogP contribution in [-0.4, -0.2) is 18.0 Å². The molecular formula is C18H19F2NO3. The maximum absolute atomic E-state index is 14.2. The predicted octanol–water partition coefficient (Wildman–Crippen LogP) is 3.33. The smallest absolute Gasteiger partial charge is 0.336 e. The molecule has 128 valence electrons. The van der Waals surface area contributed by atoms with Crippen LogP contribution in [0.5, 0.6) is 0 Å². The molecule has 1 atom stereocenters. The highest BCUT2D eigenvalue weighted by Crippen LogP contribution is 2.36. The van der Waals surface area contributed by atoms with Crippen molar-refractivity contribution < 1.29 is 23.1 Å². The van der Waals surface area contributed by atoms with E-state index in [1.165, 1.54) is 6.07 Å². The largest absolute Gasteiger partial charge is 0.459 e. The second-order valence-electron chi connectivity index (χ2n) is 6.32. The van der Waals surface area contributed by atoms with Crippen LogP contribution in [0.3, 0.4) is 0 Å². The molecule has 0 unspecified atom stereocenters. The van der Waals surface area contributed by atoms with Gasteiger partial charge in [0.25, 0.3) is 0 Å². The third-order valence-corrected chi connectivity index (χ3v) is 4.60. The van der Waals surface area contributed by atoms with Crippen LogP contribution in [0.1, 0.15) is 50.5 Å². The molecule has 0 radical (unpaired) electrons. The van der Waals surface area contributed by atoms with E-state index in [2.05, 4.69) is 5.32 Å². The molecule has 2 aliphatic rings. The minimum atomic E-state index is -0.770. The zero-order chi connectivity index (χ0) is 17.3. The lowest BCUT2D eigenvalue weighted by Gasteiger charge is -2.27. The Hall–Kier alpha value is -2.24. The van der Waals surface area contributed by atoms with Crippen LogP contribution >= 0.6 is 0 Å². The molecule has 1 fully saturated rings. The van der Waals surface area contributed by atoms with Crippen LogP contribution in [0.25, 0.3) is 0 Å². The van der Waals surface area contributed by atoms with Crippen molar-refractivity contribution in [3.63, 3.8) is 0 Å². The first-order valence-electron chi connectivity index (χ1n) is 8.12. The van der Waals surface area contributed by atoms with Crippen molar-refractivity contribution in [1.82, 2.24) is 5.32 Å². The third-order valence-electron chi connectivity index (χ3n) is 4.60. The highest BCUT2D eigenvalue weighted by molar-refractivity contribution is 5.95. The summed E-state index contributed by atoms with van der Waals surface area (Å²) in [5.74, 6) is -3.08. The number of carbonyl (C=O) groups is 2. The Labute approximate surface area is 138 Å². The Balaban J connectivity index is 1.93. The van der Waals surface area contributed by atoms with Gasteiger partial charge in [0.05, 0.1) is 5.57 Å². The van der Waals surface area contributed by atoms with Crippen LogP contribution in [0.15, 0.2) is 29.5 Å². The average Bonchev–Trinajstić information content (AvgIpc) is 2.99. The number of halogens is 2. The number of rotatable bonds is 3. The molecule has 0 bridgehead atoms. The van der Waals surface area contributed by atoms with Gasteiger partial charge in [0.15, 0.2) is 0 Å². The van der Waals surface area contributed by atoms with Gasteiger partial charge in [-0.2, -0.15) is 0 Å². The van der Waals surface area contributed by atoms with Crippen molar-refractivity contribution in [3.05, 3.63) is 46.7 Å². The first kappa shape index (κ1) is 16.6. The van der Waals surface area contributed by atoms with Gasteiger partial charge in [0.2, 0.25) is 5.91 Å². The van der Waals surface area contributed by atoms with Crippen LogP contribution in [0.2, 0.25) is 0 Å². The molecular weight excluding hydrogens is 316 g/mol. The predicted molar refractivity (Wildman–Crippen MR) is 82.9 cm³/mol. The molecule has 0 spiro atoms.